The molecule has 0 bridgehead atoms. The zero-order valence-corrected chi connectivity index (χ0v) is 15.7. The molecule has 0 saturated carbocycles. The van der Waals surface area contributed by atoms with Gasteiger partial charge in [0.1, 0.15) is 22.7 Å². The molecule has 0 aliphatic heterocycles. The van der Waals surface area contributed by atoms with Gasteiger partial charge in [-0.25, -0.2) is 9.97 Å². The highest BCUT2D eigenvalue weighted by Crippen LogP contribution is 2.37. The second-order valence-corrected chi connectivity index (χ2v) is 7.04. The van der Waals surface area contributed by atoms with Crippen LogP contribution in [-0.2, 0) is 12.8 Å². The van der Waals surface area contributed by atoms with Crippen molar-refractivity contribution in [2.24, 2.45) is 4.99 Å². The van der Waals surface area contributed by atoms with E-state index in [1.165, 1.54) is 42.0 Å². The number of aryl methyl sites for hydroxylation is 2. The molecule has 4 rings (SSSR count). The number of alkyl halides is 2. The van der Waals surface area contributed by atoms with Gasteiger partial charge in [0.25, 0.3) is 0 Å². The minimum Gasteiger partial charge on any atom is -0.434 e. The van der Waals surface area contributed by atoms with E-state index in [9.17, 15) is 8.78 Å². The highest BCUT2D eigenvalue weighted by Gasteiger charge is 2.18. The molecule has 0 unspecified atom stereocenters. The Balaban J connectivity index is 0.000000157. The molecule has 27 heavy (non-hydrogen) atoms. The molecular weight excluding hydrogens is 370 g/mol. The largest absolute Gasteiger partial charge is 0.434 e. The number of hydrogen-bond acceptors (Lipinski definition) is 6. The number of halogens is 2. The SMILES string of the molecule is CN=Cc1ccccc1OC(F)F.Nc1ncnc2sc3c(c12)CCCC3. The van der Waals surface area contributed by atoms with Crippen LogP contribution in [0.15, 0.2) is 35.6 Å². The number of nitrogen functional groups attached to an aromatic ring is 1. The first kappa shape index (κ1) is 19.2. The fraction of sp³-hybridized carbons (Fsp3) is 0.316. The molecule has 0 atom stereocenters. The maximum absolute atomic E-state index is 11.9. The standard InChI is InChI=1S/C10H11N3S.C9H9F2NO/c11-9-8-6-3-1-2-4-7(6)14-10(8)13-5-12-9;1-12-6-7-4-2-3-5-8(7)13-9(10)11/h5H,1-4H2,(H2,11,12,13);2-6,9H,1H3. The van der Waals surface area contributed by atoms with Crippen molar-refractivity contribution in [2.75, 3.05) is 12.8 Å². The Morgan fingerprint density at radius 1 is 1.22 bits per heavy atom. The Hall–Kier alpha value is -2.61. The maximum atomic E-state index is 11.9. The molecule has 1 aromatic carbocycles. The first-order chi connectivity index (χ1) is 13.1. The van der Waals surface area contributed by atoms with Crippen LogP contribution < -0.4 is 10.5 Å². The van der Waals surface area contributed by atoms with Crippen molar-refractivity contribution >= 4 is 33.6 Å². The van der Waals surface area contributed by atoms with E-state index in [4.69, 9.17) is 5.73 Å². The number of fused-ring (bicyclic) bond motifs is 3. The lowest BCUT2D eigenvalue weighted by Gasteiger charge is -2.10. The fourth-order valence-electron chi connectivity index (χ4n) is 3.04. The van der Waals surface area contributed by atoms with Gasteiger partial charge >= 0.3 is 6.61 Å². The third-order valence-electron chi connectivity index (χ3n) is 4.18. The summed E-state index contributed by atoms with van der Waals surface area (Å²) in [7, 11) is 1.57. The molecule has 2 N–H and O–H groups in total. The Morgan fingerprint density at radius 3 is 2.78 bits per heavy atom. The van der Waals surface area contributed by atoms with Gasteiger partial charge in [0.2, 0.25) is 0 Å². The Labute approximate surface area is 159 Å². The van der Waals surface area contributed by atoms with Crippen LogP contribution in [0.2, 0.25) is 0 Å². The molecule has 2 heterocycles. The molecule has 1 aliphatic rings. The first-order valence-corrected chi connectivity index (χ1v) is 9.38. The second kappa shape index (κ2) is 8.85. The van der Waals surface area contributed by atoms with Crippen molar-refractivity contribution in [3.63, 3.8) is 0 Å². The van der Waals surface area contributed by atoms with E-state index < -0.39 is 6.61 Å². The number of benzene rings is 1. The van der Waals surface area contributed by atoms with Crippen LogP contribution >= 0.6 is 11.3 Å². The zero-order valence-electron chi connectivity index (χ0n) is 14.9. The van der Waals surface area contributed by atoms with Crippen LogP contribution in [0.3, 0.4) is 0 Å². The van der Waals surface area contributed by atoms with Gasteiger partial charge in [0, 0.05) is 23.7 Å². The second-order valence-electron chi connectivity index (χ2n) is 5.95. The molecule has 1 aliphatic carbocycles. The maximum Gasteiger partial charge on any atom is 0.387 e. The number of thiophene rings is 1. The van der Waals surface area contributed by atoms with Gasteiger partial charge in [-0.1, -0.05) is 12.1 Å². The quantitative estimate of drug-likeness (QED) is 0.669. The minimum absolute atomic E-state index is 0.142. The van der Waals surface area contributed by atoms with Crippen molar-refractivity contribution in [1.29, 1.82) is 0 Å². The van der Waals surface area contributed by atoms with Gasteiger partial charge in [-0.2, -0.15) is 8.78 Å². The number of aliphatic imine (C=N–C) groups is 1. The molecular formula is C19H20F2N4OS. The first-order valence-electron chi connectivity index (χ1n) is 8.57. The van der Waals surface area contributed by atoms with Crippen molar-refractivity contribution in [3.8, 4) is 5.75 Å². The summed E-state index contributed by atoms with van der Waals surface area (Å²) >= 11 is 1.78. The highest BCUT2D eigenvalue weighted by molar-refractivity contribution is 7.18. The summed E-state index contributed by atoms with van der Waals surface area (Å²) in [4.78, 5) is 14.6. The van der Waals surface area contributed by atoms with Crippen molar-refractivity contribution in [3.05, 3.63) is 46.6 Å². The zero-order chi connectivity index (χ0) is 19.2. The van der Waals surface area contributed by atoms with E-state index in [0.29, 0.717) is 11.4 Å². The molecule has 142 valence electrons. The van der Waals surface area contributed by atoms with E-state index >= 15 is 0 Å². The Kier molecular flexibility index (Phi) is 6.28. The third-order valence-corrected chi connectivity index (χ3v) is 5.38. The number of para-hydroxylation sites is 1. The number of anilines is 1. The van der Waals surface area contributed by atoms with Gasteiger partial charge in [-0.3, -0.25) is 4.99 Å². The summed E-state index contributed by atoms with van der Waals surface area (Å²) in [6.45, 7) is -2.80. The monoisotopic (exact) mass is 390 g/mol. The molecule has 0 radical (unpaired) electrons. The highest BCUT2D eigenvalue weighted by atomic mass is 32.1. The normalized spacial score (nSPS) is 13.5. The van der Waals surface area contributed by atoms with E-state index in [1.807, 2.05) is 0 Å². The lowest BCUT2D eigenvalue weighted by molar-refractivity contribution is -0.0499. The van der Waals surface area contributed by atoms with E-state index in [-0.39, 0.29) is 5.75 Å². The minimum atomic E-state index is -2.80. The van der Waals surface area contributed by atoms with Gasteiger partial charge in [0.15, 0.2) is 0 Å². The summed E-state index contributed by atoms with van der Waals surface area (Å²) in [5, 5.41) is 1.12. The summed E-state index contributed by atoms with van der Waals surface area (Å²) in [5.41, 5.74) is 7.84. The molecule has 2 aromatic heterocycles. The van der Waals surface area contributed by atoms with Crippen molar-refractivity contribution < 1.29 is 13.5 Å². The van der Waals surface area contributed by atoms with E-state index in [0.717, 1.165) is 16.6 Å². The summed E-state index contributed by atoms with van der Waals surface area (Å²) in [5.74, 6) is 0.789. The van der Waals surface area contributed by atoms with Crippen LogP contribution in [0.4, 0.5) is 14.6 Å². The average molecular weight is 390 g/mol. The van der Waals surface area contributed by atoms with Gasteiger partial charge in [0.05, 0.1) is 5.39 Å². The summed E-state index contributed by atoms with van der Waals surface area (Å²) < 4.78 is 28.0. The fourth-order valence-corrected chi connectivity index (χ4v) is 4.28. The Morgan fingerprint density at radius 2 is 2.00 bits per heavy atom. The van der Waals surface area contributed by atoms with E-state index in [2.05, 4.69) is 19.7 Å². The van der Waals surface area contributed by atoms with Crippen molar-refractivity contribution in [2.45, 2.75) is 32.3 Å². The molecule has 0 amide bonds. The number of nitrogens with two attached hydrogens (primary N) is 1. The van der Waals surface area contributed by atoms with Crippen molar-refractivity contribution in [1.82, 2.24) is 9.97 Å². The van der Waals surface area contributed by atoms with Gasteiger partial charge in [-0.15, -0.1) is 11.3 Å². The van der Waals surface area contributed by atoms with Crippen LogP contribution in [0.1, 0.15) is 28.8 Å². The van der Waals surface area contributed by atoms with Crippen LogP contribution in [0.5, 0.6) is 5.75 Å². The number of nitrogens with zero attached hydrogens (tertiary/aromatic N) is 3. The number of aromatic nitrogens is 2. The van der Waals surface area contributed by atoms with E-state index in [1.54, 1.807) is 42.9 Å². The smallest absolute Gasteiger partial charge is 0.387 e. The number of rotatable bonds is 3. The van der Waals surface area contributed by atoms with Crippen LogP contribution in [0, 0.1) is 0 Å². The van der Waals surface area contributed by atoms with Crippen LogP contribution in [-0.4, -0.2) is 29.8 Å². The molecule has 5 nitrogen and oxygen atoms in total. The molecule has 8 heteroatoms. The molecule has 0 saturated heterocycles. The average Bonchev–Trinajstić information content (AvgIpc) is 3.03. The van der Waals surface area contributed by atoms with Crippen LogP contribution in [0.25, 0.3) is 10.2 Å². The Bertz CT molecular complexity index is 943. The molecule has 3 aromatic rings. The molecule has 0 fully saturated rings. The summed E-state index contributed by atoms with van der Waals surface area (Å²) in [6.07, 6.45) is 7.93. The summed E-state index contributed by atoms with van der Waals surface area (Å²) in [6, 6.07) is 6.49. The van der Waals surface area contributed by atoms with Gasteiger partial charge in [-0.05, 0) is 43.4 Å². The van der Waals surface area contributed by atoms with Gasteiger partial charge < -0.3 is 10.5 Å². The third kappa shape index (κ3) is 4.57. The molecule has 0 spiro atoms. The number of hydrogen-bond donors (Lipinski definition) is 1. The predicted molar refractivity (Wildman–Crippen MR) is 105 cm³/mol. The lowest BCUT2D eigenvalue weighted by atomic mass is 9.97. The lowest BCUT2D eigenvalue weighted by Crippen LogP contribution is -2.03. The number of ether oxygens (including phenoxy) is 1. The topological polar surface area (TPSA) is 73.4 Å². The predicted octanol–water partition coefficient (Wildman–Crippen LogP) is 4.49.